The van der Waals surface area contributed by atoms with Gasteiger partial charge in [-0.15, -0.1) is 0 Å². The first-order chi connectivity index (χ1) is 41.0. The maximum Gasteiger partial charge on any atom is 0.309 e. The van der Waals surface area contributed by atoms with Crippen LogP contribution in [0.3, 0.4) is 0 Å². The largest absolute Gasteiger partial charge is 0.462 e. The quantitative estimate of drug-likeness (QED) is 0.0261. The van der Waals surface area contributed by atoms with E-state index in [2.05, 4.69) is 203 Å². The highest BCUT2D eigenvalue weighted by Gasteiger charge is 2.19. The molecular weight excluding hydrogens is 1020 g/mol. The standard InChI is InChI=1S/C77H118O6/c1-4-7-10-13-16-19-22-25-28-30-32-34-36-37-38-39-41-42-44-46-49-52-55-58-61-64-67-70-76(79)82-73-74(72-81-75(78)69-66-63-60-57-54-51-48-27-24-21-18-15-12-9-6-3)83-77(80)71-68-65-62-59-56-53-50-47-45-43-40-35-33-31-29-26-23-20-17-14-11-8-5-2/h7-12,16-21,25-29,32-35,37-38,41-42,46,48-49,54,57,63,66,74H,4-6,13-15,22-24,30-31,36,39-40,43-45,47,50-53,55-56,58-62,64-65,67-73H2,1-3H3/b10-7-,11-8-,12-9-,19-16-,20-17-,21-18-,28-25-,29-26-,34-32-,35-33-,38-37-,42-41-,48-27-,49-46-,57-54-,66-63-. The summed E-state index contributed by atoms with van der Waals surface area (Å²) in [6, 6.07) is 0. The summed E-state index contributed by atoms with van der Waals surface area (Å²) in [5, 5.41) is 0. The summed E-state index contributed by atoms with van der Waals surface area (Å²) in [7, 11) is 0. The lowest BCUT2D eigenvalue weighted by Gasteiger charge is -2.18. The third-order valence-electron chi connectivity index (χ3n) is 13.1. The summed E-state index contributed by atoms with van der Waals surface area (Å²) >= 11 is 0. The van der Waals surface area contributed by atoms with Gasteiger partial charge in [0.15, 0.2) is 6.10 Å². The lowest BCUT2D eigenvalue weighted by atomic mass is 10.0. The molecule has 0 saturated heterocycles. The van der Waals surface area contributed by atoms with Gasteiger partial charge in [0.1, 0.15) is 13.2 Å². The fourth-order valence-corrected chi connectivity index (χ4v) is 8.31. The van der Waals surface area contributed by atoms with E-state index in [1.54, 1.807) is 6.08 Å². The number of esters is 3. The van der Waals surface area contributed by atoms with Crippen LogP contribution in [0.2, 0.25) is 0 Å². The Hall–Kier alpha value is -5.75. The number of unbranched alkanes of at least 4 members (excludes halogenated alkanes) is 15. The van der Waals surface area contributed by atoms with Crippen LogP contribution in [0.4, 0.5) is 0 Å². The SMILES string of the molecule is CC/C=C\C/C=C\C/C=C\C/C=C\C/C=C\C/C=C\C/C=C\CCCCCCCC(=O)OCC(COC(=O)C/C=C\C/C=C\C/C=C\C/C=C\C/C=C\CC)OC(=O)CCCCCCCCCCCC/C=C\C/C=C\C/C=C\C/C=C\CC. The van der Waals surface area contributed by atoms with E-state index in [1.165, 1.54) is 44.9 Å². The van der Waals surface area contributed by atoms with Crippen LogP contribution in [-0.2, 0) is 28.6 Å². The summed E-state index contributed by atoms with van der Waals surface area (Å²) in [6.07, 6.45) is 105. The van der Waals surface area contributed by atoms with Crippen molar-refractivity contribution in [3.8, 4) is 0 Å². The number of rotatable bonds is 57. The highest BCUT2D eigenvalue weighted by atomic mass is 16.6. The van der Waals surface area contributed by atoms with E-state index in [-0.39, 0.29) is 38.0 Å². The van der Waals surface area contributed by atoms with Crippen LogP contribution in [0, 0.1) is 0 Å². The van der Waals surface area contributed by atoms with Gasteiger partial charge in [0.25, 0.3) is 0 Å². The van der Waals surface area contributed by atoms with E-state index in [0.717, 1.165) is 167 Å². The predicted octanol–water partition coefficient (Wildman–Crippen LogP) is 23.0. The van der Waals surface area contributed by atoms with Crippen LogP contribution in [0.15, 0.2) is 194 Å². The molecule has 0 aliphatic carbocycles. The Morgan fingerprint density at radius 2 is 0.482 bits per heavy atom. The van der Waals surface area contributed by atoms with Crippen molar-refractivity contribution in [2.24, 2.45) is 0 Å². The van der Waals surface area contributed by atoms with Gasteiger partial charge in [-0.1, -0.05) is 286 Å². The first-order valence-corrected chi connectivity index (χ1v) is 32.9. The molecule has 462 valence electrons. The number of allylic oxidation sites excluding steroid dienone is 31. The Kier molecular flexibility index (Phi) is 64.0. The third kappa shape index (κ3) is 66.9. The Labute approximate surface area is 509 Å². The second-order valence-electron chi connectivity index (χ2n) is 20.9. The molecule has 83 heavy (non-hydrogen) atoms. The average Bonchev–Trinajstić information content (AvgIpc) is 3.49. The van der Waals surface area contributed by atoms with E-state index < -0.39 is 12.1 Å². The Morgan fingerprint density at radius 3 is 0.783 bits per heavy atom. The number of carbonyl (C=O) groups excluding carboxylic acids is 3. The third-order valence-corrected chi connectivity index (χ3v) is 13.1. The molecule has 0 N–H and O–H groups in total. The van der Waals surface area contributed by atoms with E-state index in [4.69, 9.17) is 14.2 Å². The van der Waals surface area contributed by atoms with E-state index >= 15 is 0 Å². The van der Waals surface area contributed by atoms with Gasteiger partial charge < -0.3 is 14.2 Å². The molecule has 0 bridgehead atoms. The van der Waals surface area contributed by atoms with Gasteiger partial charge in [0, 0.05) is 12.8 Å². The highest BCUT2D eigenvalue weighted by Crippen LogP contribution is 2.14. The first kappa shape index (κ1) is 77.2. The molecule has 0 aromatic heterocycles. The van der Waals surface area contributed by atoms with Gasteiger partial charge in [-0.05, 0) is 141 Å². The molecule has 0 heterocycles. The zero-order chi connectivity index (χ0) is 59.9. The lowest BCUT2D eigenvalue weighted by Crippen LogP contribution is -2.30. The van der Waals surface area contributed by atoms with Crippen LogP contribution in [0.5, 0.6) is 0 Å². The van der Waals surface area contributed by atoms with Crippen molar-refractivity contribution in [2.45, 2.75) is 258 Å². The van der Waals surface area contributed by atoms with Gasteiger partial charge in [-0.3, -0.25) is 14.4 Å². The van der Waals surface area contributed by atoms with Crippen LogP contribution >= 0.6 is 0 Å². The maximum atomic E-state index is 12.9. The van der Waals surface area contributed by atoms with Crippen molar-refractivity contribution in [3.63, 3.8) is 0 Å². The highest BCUT2D eigenvalue weighted by molar-refractivity contribution is 5.72. The summed E-state index contributed by atoms with van der Waals surface area (Å²) in [6.45, 7) is 6.18. The van der Waals surface area contributed by atoms with Crippen molar-refractivity contribution in [1.82, 2.24) is 0 Å². The molecule has 1 unspecified atom stereocenters. The van der Waals surface area contributed by atoms with Crippen molar-refractivity contribution in [1.29, 1.82) is 0 Å². The molecule has 0 saturated carbocycles. The number of hydrogen-bond donors (Lipinski definition) is 0. The van der Waals surface area contributed by atoms with Crippen molar-refractivity contribution in [2.75, 3.05) is 13.2 Å². The smallest absolute Gasteiger partial charge is 0.309 e. The van der Waals surface area contributed by atoms with Crippen LogP contribution < -0.4 is 0 Å². The van der Waals surface area contributed by atoms with Gasteiger partial charge in [0.05, 0.1) is 6.42 Å². The van der Waals surface area contributed by atoms with Crippen molar-refractivity contribution >= 4 is 17.9 Å². The van der Waals surface area contributed by atoms with Crippen LogP contribution in [0.25, 0.3) is 0 Å². The molecule has 0 aromatic rings. The second-order valence-corrected chi connectivity index (χ2v) is 20.9. The molecule has 6 heteroatoms. The summed E-state index contributed by atoms with van der Waals surface area (Å²) < 4.78 is 16.8. The molecule has 0 aliphatic rings. The number of ether oxygens (including phenoxy) is 3. The molecule has 0 aliphatic heterocycles. The molecule has 0 spiro atoms. The second kappa shape index (κ2) is 68.7. The number of hydrogen-bond acceptors (Lipinski definition) is 6. The minimum atomic E-state index is -0.842. The molecule has 0 amide bonds. The molecule has 0 rings (SSSR count). The normalized spacial score (nSPS) is 13.4. The minimum absolute atomic E-state index is 0.112. The molecule has 0 aromatic carbocycles. The fraction of sp³-hybridized carbons (Fsp3) is 0.545. The van der Waals surface area contributed by atoms with Gasteiger partial charge >= 0.3 is 17.9 Å². The summed E-state index contributed by atoms with van der Waals surface area (Å²) in [5.41, 5.74) is 0. The monoisotopic (exact) mass is 1140 g/mol. The van der Waals surface area contributed by atoms with Gasteiger partial charge in [-0.2, -0.15) is 0 Å². The van der Waals surface area contributed by atoms with Gasteiger partial charge in [-0.25, -0.2) is 0 Å². The Morgan fingerprint density at radius 1 is 0.253 bits per heavy atom. The lowest BCUT2D eigenvalue weighted by molar-refractivity contribution is -0.166. The zero-order valence-electron chi connectivity index (χ0n) is 52.9. The Bertz CT molecular complexity index is 1990. The Balaban J connectivity index is 4.51. The van der Waals surface area contributed by atoms with E-state index in [9.17, 15) is 14.4 Å². The fourth-order valence-electron chi connectivity index (χ4n) is 8.31. The molecular formula is C77H118O6. The van der Waals surface area contributed by atoms with Crippen molar-refractivity contribution < 1.29 is 28.6 Å². The summed E-state index contributed by atoms with van der Waals surface area (Å²) in [5.74, 6) is -1.09. The molecule has 0 fully saturated rings. The van der Waals surface area contributed by atoms with Crippen LogP contribution in [-0.4, -0.2) is 37.2 Å². The minimum Gasteiger partial charge on any atom is -0.462 e. The molecule has 1 atom stereocenters. The topological polar surface area (TPSA) is 78.9 Å². The van der Waals surface area contributed by atoms with Crippen LogP contribution in [0.1, 0.15) is 252 Å². The predicted molar refractivity (Wildman–Crippen MR) is 361 cm³/mol. The zero-order valence-corrected chi connectivity index (χ0v) is 52.9. The van der Waals surface area contributed by atoms with Gasteiger partial charge in [0.2, 0.25) is 0 Å². The first-order valence-electron chi connectivity index (χ1n) is 32.9. The number of carbonyl (C=O) groups is 3. The average molecular weight is 1140 g/mol. The molecule has 0 radical (unpaired) electrons. The van der Waals surface area contributed by atoms with E-state index in [0.29, 0.717) is 6.42 Å². The van der Waals surface area contributed by atoms with Crippen molar-refractivity contribution in [3.05, 3.63) is 194 Å². The molecule has 6 nitrogen and oxygen atoms in total. The summed E-state index contributed by atoms with van der Waals surface area (Å²) in [4.78, 5) is 38.3. The van der Waals surface area contributed by atoms with E-state index in [1.807, 2.05) is 6.08 Å². The maximum absolute atomic E-state index is 12.9.